The van der Waals surface area contributed by atoms with Gasteiger partial charge in [-0.1, -0.05) is 47.5 Å². The second kappa shape index (κ2) is 13.5. The van der Waals surface area contributed by atoms with E-state index in [1.54, 1.807) is 60.7 Å². The lowest BCUT2D eigenvalue weighted by Crippen LogP contribution is -2.42. The number of anilines is 1. The third-order valence-electron chi connectivity index (χ3n) is 6.31. The molecule has 0 aliphatic carbocycles. The molecule has 0 spiro atoms. The van der Waals surface area contributed by atoms with E-state index >= 15 is 0 Å². The Labute approximate surface area is 274 Å². The van der Waals surface area contributed by atoms with Gasteiger partial charge in [0, 0.05) is 34.3 Å². The van der Waals surface area contributed by atoms with Gasteiger partial charge < -0.3 is 15.0 Å². The molecule has 2 heterocycles. The van der Waals surface area contributed by atoms with Crippen LogP contribution in [-0.2, 0) is 19.5 Å². The number of carbonyl (C=O) groups excluding carboxylic acids is 2. The summed E-state index contributed by atoms with van der Waals surface area (Å²) >= 11 is 14.9. The molecule has 0 fully saturated rings. The van der Waals surface area contributed by atoms with Gasteiger partial charge in [-0.3, -0.25) is 10.1 Å². The van der Waals surface area contributed by atoms with E-state index < -0.39 is 15.5 Å². The molecule has 1 atom stereocenters. The molecule has 0 radical (unpaired) electrons. The second-order valence-electron chi connectivity index (χ2n) is 9.33. The van der Waals surface area contributed by atoms with Crippen LogP contribution in [0.15, 0.2) is 79.1 Å². The van der Waals surface area contributed by atoms with Crippen LogP contribution in [0.4, 0.5) is 14.9 Å². The number of tetrazole rings is 1. The highest BCUT2D eigenvalue weighted by Gasteiger charge is 2.35. The summed E-state index contributed by atoms with van der Waals surface area (Å²) < 4.78 is 18.6. The normalized spacial score (nSPS) is 12.6. The van der Waals surface area contributed by atoms with Gasteiger partial charge in [0.15, 0.2) is 3.55 Å². The standard InChI is InChI=1S/C29H22Cl2FIN8O3/c1-44-28(43)35-22-10-4-18(5-11-22)25-26(31)37-27(36-25)29(33,15-17-2-8-21(32)9-3-17)38-24(42)13-6-19-14-20(30)7-12-23(19)41-16-34-39-40-41/h2-14,16H,15H2,1H3,(H,35,43)(H,36,37)(H,38,42)/t29-/m1/s1. The maximum Gasteiger partial charge on any atom is 0.411 e. The van der Waals surface area contributed by atoms with E-state index in [1.165, 1.54) is 36.3 Å². The number of imidazole rings is 1. The van der Waals surface area contributed by atoms with Crippen LogP contribution in [-0.4, -0.2) is 49.3 Å². The first-order valence-corrected chi connectivity index (χ1v) is 14.6. The number of hydrogen-bond donors (Lipinski definition) is 3. The molecule has 2 amide bonds. The molecule has 0 aliphatic heterocycles. The zero-order chi connectivity index (χ0) is 31.3. The highest BCUT2D eigenvalue weighted by atomic mass is 127. The second-order valence-corrected chi connectivity index (χ2v) is 12.0. The summed E-state index contributed by atoms with van der Waals surface area (Å²) in [7, 11) is 1.27. The highest BCUT2D eigenvalue weighted by Crippen LogP contribution is 2.36. The number of amides is 2. The molecule has 44 heavy (non-hydrogen) atoms. The van der Waals surface area contributed by atoms with E-state index in [-0.39, 0.29) is 17.4 Å². The van der Waals surface area contributed by atoms with Crippen LogP contribution < -0.4 is 10.6 Å². The number of ether oxygens (including phenoxy) is 1. The predicted molar refractivity (Wildman–Crippen MR) is 172 cm³/mol. The van der Waals surface area contributed by atoms with Crippen molar-refractivity contribution in [1.29, 1.82) is 0 Å². The number of hydrogen-bond acceptors (Lipinski definition) is 7. The lowest BCUT2D eigenvalue weighted by molar-refractivity contribution is -0.117. The highest BCUT2D eigenvalue weighted by molar-refractivity contribution is 14.1. The molecular weight excluding hydrogens is 725 g/mol. The summed E-state index contributed by atoms with van der Waals surface area (Å²) in [6, 6.07) is 17.9. The van der Waals surface area contributed by atoms with E-state index in [9.17, 15) is 14.0 Å². The van der Waals surface area contributed by atoms with Gasteiger partial charge in [-0.2, -0.15) is 4.68 Å². The van der Waals surface area contributed by atoms with Crippen LogP contribution in [0.25, 0.3) is 23.0 Å². The van der Waals surface area contributed by atoms with E-state index in [0.29, 0.717) is 39.0 Å². The summed E-state index contributed by atoms with van der Waals surface area (Å²) in [5.74, 6) is -0.470. The van der Waals surface area contributed by atoms with Crippen molar-refractivity contribution in [2.45, 2.75) is 9.97 Å². The Balaban J connectivity index is 1.45. The number of nitrogens with zero attached hydrogens (tertiary/aromatic N) is 5. The molecule has 15 heteroatoms. The van der Waals surface area contributed by atoms with Crippen molar-refractivity contribution in [2.24, 2.45) is 0 Å². The van der Waals surface area contributed by atoms with Gasteiger partial charge in [-0.25, -0.2) is 14.2 Å². The van der Waals surface area contributed by atoms with E-state index in [4.69, 9.17) is 28.2 Å². The fourth-order valence-corrected chi connectivity index (χ4v) is 5.61. The maximum absolute atomic E-state index is 13.7. The molecule has 5 rings (SSSR count). The SMILES string of the molecule is COC(=O)Nc1ccc(-c2nc([C@@](I)(Cc3ccc(F)cc3)NC(=O)C=Cc3cc(Cl)ccc3-n3cnnn3)[nH]c2Cl)cc1. The Kier molecular flexibility index (Phi) is 9.56. The summed E-state index contributed by atoms with van der Waals surface area (Å²) in [4.78, 5) is 32.7. The number of alkyl halides is 1. The zero-order valence-electron chi connectivity index (χ0n) is 22.8. The fourth-order valence-electron chi connectivity index (χ4n) is 4.22. The van der Waals surface area contributed by atoms with Crippen LogP contribution in [0.5, 0.6) is 0 Å². The van der Waals surface area contributed by atoms with Crippen molar-refractivity contribution in [1.82, 2.24) is 35.5 Å². The van der Waals surface area contributed by atoms with Crippen LogP contribution in [0, 0.1) is 5.82 Å². The monoisotopic (exact) mass is 746 g/mol. The van der Waals surface area contributed by atoms with Crippen molar-refractivity contribution in [2.75, 3.05) is 12.4 Å². The largest absolute Gasteiger partial charge is 0.453 e. The number of halogens is 4. The van der Waals surface area contributed by atoms with Crippen molar-refractivity contribution in [3.8, 4) is 16.9 Å². The third-order valence-corrected chi connectivity index (χ3v) is 7.98. The fraction of sp³-hybridized carbons (Fsp3) is 0.103. The number of rotatable bonds is 9. The number of aromatic nitrogens is 6. The lowest BCUT2D eigenvalue weighted by atomic mass is 10.0. The van der Waals surface area contributed by atoms with Gasteiger partial charge in [0.05, 0.1) is 12.8 Å². The Morgan fingerprint density at radius 3 is 2.55 bits per heavy atom. The molecule has 0 bridgehead atoms. The average molecular weight is 747 g/mol. The van der Waals surface area contributed by atoms with Gasteiger partial charge in [-0.15, -0.1) is 5.10 Å². The number of methoxy groups -OCH3 is 1. The number of aromatic amines is 1. The van der Waals surface area contributed by atoms with Gasteiger partial charge >= 0.3 is 6.09 Å². The number of carbonyl (C=O) groups is 2. The van der Waals surface area contributed by atoms with Crippen molar-refractivity contribution >= 4 is 69.6 Å². The molecule has 5 aromatic rings. The van der Waals surface area contributed by atoms with Crippen LogP contribution >= 0.6 is 45.8 Å². The molecule has 0 saturated heterocycles. The molecular formula is C29H22Cl2FIN8O3. The molecule has 3 aromatic carbocycles. The Bertz CT molecular complexity index is 1820. The van der Waals surface area contributed by atoms with Gasteiger partial charge in [-0.05, 0) is 87.1 Å². The van der Waals surface area contributed by atoms with Gasteiger partial charge in [0.2, 0.25) is 5.91 Å². The quantitative estimate of drug-likeness (QED) is 0.0693. The molecule has 0 aliphatic rings. The molecule has 11 nitrogen and oxygen atoms in total. The number of H-pyrrole nitrogens is 1. The predicted octanol–water partition coefficient (Wildman–Crippen LogP) is 6.34. The zero-order valence-corrected chi connectivity index (χ0v) is 26.4. The topological polar surface area (TPSA) is 140 Å². The lowest BCUT2D eigenvalue weighted by Gasteiger charge is -2.26. The number of benzene rings is 3. The minimum Gasteiger partial charge on any atom is -0.453 e. The first-order chi connectivity index (χ1) is 21.1. The van der Waals surface area contributed by atoms with Crippen molar-refractivity contribution in [3.05, 3.63) is 112 Å². The summed E-state index contributed by atoms with van der Waals surface area (Å²) in [5.41, 5.74) is 3.58. The Hall–Kier alpha value is -4.34. The molecule has 3 N–H and O–H groups in total. The minimum atomic E-state index is -1.14. The molecule has 0 saturated carbocycles. The maximum atomic E-state index is 13.7. The number of nitrogens with one attached hydrogen (secondary N) is 3. The minimum absolute atomic E-state index is 0.239. The molecule has 2 aromatic heterocycles. The van der Waals surface area contributed by atoms with Gasteiger partial charge in [0.1, 0.15) is 28.8 Å². The molecule has 224 valence electrons. The third kappa shape index (κ3) is 7.41. The summed E-state index contributed by atoms with van der Waals surface area (Å²) in [6.45, 7) is 0. The Morgan fingerprint density at radius 1 is 1.11 bits per heavy atom. The van der Waals surface area contributed by atoms with Crippen LogP contribution in [0.2, 0.25) is 10.2 Å². The first-order valence-electron chi connectivity index (χ1n) is 12.8. The van der Waals surface area contributed by atoms with E-state index in [1.807, 2.05) is 0 Å². The first kappa shape index (κ1) is 31.1. The molecule has 0 unspecified atom stereocenters. The van der Waals surface area contributed by atoms with Crippen molar-refractivity contribution in [3.63, 3.8) is 0 Å². The van der Waals surface area contributed by atoms with E-state index in [2.05, 4.69) is 58.5 Å². The van der Waals surface area contributed by atoms with Crippen LogP contribution in [0.3, 0.4) is 0 Å². The summed E-state index contributed by atoms with van der Waals surface area (Å²) in [6.07, 6.45) is 4.03. The average Bonchev–Trinajstić information content (AvgIpc) is 3.68. The summed E-state index contributed by atoms with van der Waals surface area (Å²) in [5, 5.41) is 17.5. The van der Waals surface area contributed by atoms with E-state index in [0.717, 1.165) is 5.56 Å². The van der Waals surface area contributed by atoms with Gasteiger partial charge in [0.25, 0.3) is 0 Å². The smallest absolute Gasteiger partial charge is 0.411 e. The van der Waals surface area contributed by atoms with Crippen molar-refractivity contribution < 1.29 is 18.7 Å². The Morgan fingerprint density at radius 2 is 1.86 bits per heavy atom. The van der Waals surface area contributed by atoms with Crippen LogP contribution in [0.1, 0.15) is 17.0 Å².